The normalized spacial score (nSPS) is 12.7. The van der Waals surface area contributed by atoms with Gasteiger partial charge in [0.05, 0.1) is 0 Å². The van der Waals surface area contributed by atoms with E-state index in [0.717, 1.165) is 109 Å². The van der Waals surface area contributed by atoms with Gasteiger partial charge in [-0.3, -0.25) is 14.4 Å². The summed E-state index contributed by atoms with van der Waals surface area (Å²) in [5, 5.41) is 0. The number of ether oxygens (including phenoxy) is 3. The van der Waals surface area contributed by atoms with Crippen molar-refractivity contribution in [1.29, 1.82) is 0 Å². The van der Waals surface area contributed by atoms with E-state index >= 15 is 0 Å². The lowest BCUT2D eigenvalue weighted by atomic mass is 10.0. The molecule has 0 radical (unpaired) electrons. The maximum Gasteiger partial charge on any atom is 0.306 e. The van der Waals surface area contributed by atoms with Gasteiger partial charge in [-0.2, -0.15) is 0 Å². The summed E-state index contributed by atoms with van der Waals surface area (Å²) in [5.41, 5.74) is 0. The van der Waals surface area contributed by atoms with Gasteiger partial charge in [-0.1, -0.05) is 285 Å². The third kappa shape index (κ3) is 65.0. The summed E-state index contributed by atoms with van der Waals surface area (Å²) in [7, 11) is 0. The largest absolute Gasteiger partial charge is 0.462 e. The lowest BCUT2D eigenvalue weighted by Gasteiger charge is -2.18. The van der Waals surface area contributed by atoms with E-state index in [1.165, 1.54) is 180 Å². The third-order valence-corrected chi connectivity index (χ3v) is 14.5. The Labute approximate surface area is 489 Å². The molecule has 0 aromatic heterocycles. The van der Waals surface area contributed by atoms with Gasteiger partial charge >= 0.3 is 17.9 Å². The average molecular weight is 1100 g/mol. The quantitative estimate of drug-likeness (QED) is 0.0261. The van der Waals surface area contributed by atoms with E-state index in [9.17, 15) is 14.4 Å². The molecule has 0 fully saturated rings. The van der Waals surface area contributed by atoms with E-state index in [1.807, 2.05) is 0 Å². The maximum absolute atomic E-state index is 12.9. The number of unbranched alkanes of at least 4 members (excludes halogenated alkanes) is 34. The molecule has 0 bridgehead atoms. The molecule has 0 N–H and O–H groups in total. The molecule has 6 nitrogen and oxygen atoms in total. The Morgan fingerprint density at radius 2 is 0.494 bits per heavy atom. The van der Waals surface area contributed by atoms with Crippen molar-refractivity contribution in [3.63, 3.8) is 0 Å². The van der Waals surface area contributed by atoms with E-state index in [1.54, 1.807) is 0 Å². The monoisotopic (exact) mass is 1100 g/mol. The van der Waals surface area contributed by atoms with Crippen LogP contribution in [0.4, 0.5) is 0 Å². The minimum absolute atomic E-state index is 0.0919. The third-order valence-electron chi connectivity index (χ3n) is 14.5. The van der Waals surface area contributed by atoms with Gasteiger partial charge < -0.3 is 14.2 Å². The van der Waals surface area contributed by atoms with Gasteiger partial charge in [-0.25, -0.2) is 0 Å². The molecule has 0 aliphatic carbocycles. The van der Waals surface area contributed by atoms with Crippen LogP contribution in [-0.2, 0) is 28.6 Å². The first-order valence-electron chi connectivity index (χ1n) is 33.7. The summed E-state index contributed by atoms with van der Waals surface area (Å²) in [6.07, 6.45) is 90.0. The fraction of sp³-hybridized carbons (Fsp3) is 0.740. The molecule has 0 aliphatic heterocycles. The summed E-state index contributed by atoms with van der Waals surface area (Å²) in [5.74, 6) is -0.922. The van der Waals surface area contributed by atoms with Crippen molar-refractivity contribution in [3.05, 3.63) is 97.2 Å². The maximum atomic E-state index is 12.9. The Morgan fingerprint density at radius 1 is 0.266 bits per heavy atom. The van der Waals surface area contributed by atoms with Gasteiger partial charge in [0.25, 0.3) is 0 Å². The zero-order chi connectivity index (χ0) is 57.1. The highest BCUT2D eigenvalue weighted by Gasteiger charge is 2.19. The fourth-order valence-electron chi connectivity index (χ4n) is 9.50. The lowest BCUT2D eigenvalue weighted by Crippen LogP contribution is -2.30. The number of allylic oxidation sites excluding steroid dienone is 16. The van der Waals surface area contributed by atoms with E-state index in [-0.39, 0.29) is 37.5 Å². The number of carbonyl (C=O) groups is 3. The van der Waals surface area contributed by atoms with Crippen molar-refractivity contribution in [3.8, 4) is 0 Å². The Kier molecular flexibility index (Phi) is 63.7. The molecule has 0 aliphatic rings. The first kappa shape index (κ1) is 75.3. The van der Waals surface area contributed by atoms with Crippen molar-refractivity contribution in [2.75, 3.05) is 13.2 Å². The van der Waals surface area contributed by atoms with Gasteiger partial charge in [0.1, 0.15) is 13.2 Å². The van der Waals surface area contributed by atoms with Crippen LogP contribution in [-0.4, -0.2) is 37.2 Å². The summed E-state index contributed by atoms with van der Waals surface area (Å²) in [4.78, 5) is 38.3. The smallest absolute Gasteiger partial charge is 0.306 e. The molecule has 79 heavy (non-hydrogen) atoms. The predicted octanol–water partition coefficient (Wildman–Crippen LogP) is 23.2. The number of carbonyl (C=O) groups excluding carboxylic acids is 3. The Hall–Kier alpha value is -3.67. The lowest BCUT2D eigenvalue weighted by molar-refractivity contribution is -0.167. The number of esters is 3. The Balaban J connectivity index is 4.28. The zero-order valence-electron chi connectivity index (χ0n) is 52.1. The molecule has 0 aromatic rings. The molecule has 6 heteroatoms. The molecular formula is C73H126O6. The molecule has 0 rings (SSSR count). The zero-order valence-corrected chi connectivity index (χ0v) is 52.1. The van der Waals surface area contributed by atoms with E-state index < -0.39 is 6.10 Å². The highest BCUT2D eigenvalue weighted by Crippen LogP contribution is 2.17. The second-order valence-corrected chi connectivity index (χ2v) is 22.3. The topological polar surface area (TPSA) is 78.9 Å². The van der Waals surface area contributed by atoms with Crippen molar-refractivity contribution in [2.24, 2.45) is 0 Å². The SMILES string of the molecule is CC/C=C\C/C=C\C/C=C\C/C=C\C/C=C\CCCCCC(=O)OC(COC(=O)CCCCCCC/C=C\CCCCCC)COC(=O)CCCCCCCCCCCCCCCCCCC/C=C\C/C=C\CCCCCCC. The van der Waals surface area contributed by atoms with Crippen LogP contribution < -0.4 is 0 Å². The highest BCUT2D eigenvalue weighted by atomic mass is 16.6. The molecule has 0 saturated heterocycles. The van der Waals surface area contributed by atoms with Gasteiger partial charge in [-0.15, -0.1) is 0 Å². The molecule has 0 aromatic carbocycles. The van der Waals surface area contributed by atoms with Crippen LogP contribution in [0, 0.1) is 0 Å². The second kappa shape index (κ2) is 66.8. The second-order valence-electron chi connectivity index (χ2n) is 22.3. The van der Waals surface area contributed by atoms with Crippen LogP contribution in [0.15, 0.2) is 97.2 Å². The summed E-state index contributed by atoms with van der Waals surface area (Å²) in [6, 6.07) is 0. The summed E-state index contributed by atoms with van der Waals surface area (Å²) >= 11 is 0. The molecule has 0 heterocycles. The standard InChI is InChI=1S/C73H126O6/c1-4-7-10-13-16-19-22-25-27-29-31-32-33-34-35-36-37-38-39-40-42-43-45-48-51-54-57-60-63-66-72(75)78-69-70(68-77-71(74)65-62-59-56-53-50-47-24-21-18-15-12-9-6-3)79-73(76)67-64-61-58-55-52-49-46-44-41-30-28-26-23-20-17-14-11-8-5-2/h8,11,17,20-22,24-26,28-29,31,41,44,49,52,70H,4-7,9-10,12-16,18-19,23,27,30,32-40,42-43,45-48,50-51,53-69H2,1-3H3/b11-8-,20-17-,24-21-,25-22-,28-26-,31-29-,44-41-,52-49-. The Bertz CT molecular complexity index is 1540. The van der Waals surface area contributed by atoms with Crippen molar-refractivity contribution < 1.29 is 28.6 Å². The molecular weight excluding hydrogens is 973 g/mol. The number of hydrogen-bond acceptors (Lipinski definition) is 6. The summed E-state index contributed by atoms with van der Waals surface area (Å²) < 4.78 is 16.9. The van der Waals surface area contributed by atoms with Gasteiger partial charge in [0, 0.05) is 19.3 Å². The van der Waals surface area contributed by atoms with E-state index in [0.29, 0.717) is 12.8 Å². The van der Waals surface area contributed by atoms with Crippen molar-refractivity contribution >= 4 is 17.9 Å². The highest BCUT2D eigenvalue weighted by molar-refractivity contribution is 5.71. The molecule has 0 saturated carbocycles. The summed E-state index contributed by atoms with van der Waals surface area (Å²) in [6.45, 7) is 6.50. The van der Waals surface area contributed by atoms with E-state index in [4.69, 9.17) is 14.2 Å². The average Bonchev–Trinajstić information content (AvgIpc) is 3.45. The first-order chi connectivity index (χ1) is 39.0. The van der Waals surface area contributed by atoms with Crippen LogP contribution >= 0.6 is 0 Å². The van der Waals surface area contributed by atoms with E-state index in [2.05, 4.69) is 118 Å². The fourth-order valence-corrected chi connectivity index (χ4v) is 9.50. The van der Waals surface area contributed by atoms with Crippen LogP contribution in [0.3, 0.4) is 0 Å². The number of rotatable bonds is 61. The molecule has 1 atom stereocenters. The Morgan fingerprint density at radius 3 is 0.810 bits per heavy atom. The predicted molar refractivity (Wildman–Crippen MR) is 344 cm³/mol. The van der Waals surface area contributed by atoms with Gasteiger partial charge in [0.2, 0.25) is 0 Å². The minimum Gasteiger partial charge on any atom is -0.462 e. The van der Waals surface area contributed by atoms with Crippen LogP contribution in [0.1, 0.15) is 329 Å². The van der Waals surface area contributed by atoms with Gasteiger partial charge in [0.15, 0.2) is 6.10 Å². The number of hydrogen-bond donors (Lipinski definition) is 0. The van der Waals surface area contributed by atoms with Crippen LogP contribution in [0.2, 0.25) is 0 Å². The molecule has 0 amide bonds. The van der Waals surface area contributed by atoms with Crippen molar-refractivity contribution in [1.82, 2.24) is 0 Å². The molecule has 454 valence electrons. The van der Waals surface area contributed by atoms with Crippen LogP contribution in [0.25, 0.3) is 0 Å². The minimum atomic E-state index is -0.799. The van der Waals surface area contributed by atoms with Gasteiger partial charge in [-0.05, 0) is 122 Å². The van der Waals surface area contributed by atoms with Crippen LogP contribution in [0.5, 0.6) is 0 Å². The first-order valence-corrected chi connectivity index (χ1v) is 33.7. The van der Waals surface area contributed by atoms with Crippen molar-refractivity contribution in [2.45, 2.75) is 335 Å². The molecule has 1 unspecified atom stereocenters. The molecule has 0 spiro atoms.